The summed E-state index contributed by atoms with van der Waals surface area (Å²) in [5, 5.41) is 18.2. The molecule has 10 aromatic carbocycles. The van der Waals surface area contributed by atoms with Gasteiger partial charge >= 0.3 is 0 Å². The van der Waals surface area contributed by atoms with Crippen LogP contribution in [0, 0.1) is 0 Å². The van der Waals surface area contributed by atoms with E-state index in [9.17, 15) is 0 Å². The van der Waals surface area contributed by atoms with E-state index in [-0.39, 0.29) is 0 Å². The summed E-state index contributed by atoms with van der Waals surface area (Å²) in [5.41, 5.74) is 13.7. The maximum Gasteiger partial charge on any atom is 0.0627 e. The van der Waals surface area contributed by atoms with Crippen LogP contribution in [-0.4, -0.2) is 13.4 Å². The molecule has 0 saturated heterocycles. The molecule has 5 heterocycles. The second kappa shape index (κ2) is 10.5. The predicted molar refractivity (Wildman–Crippen MR) is 251 cm³/mol. The molecule has 0 amide bonds. The first kappa shape index (κ1) is 30.3. The maximum absolute atomic E-state index is 2.59. The van der Waals surface area contributed by atoms with Crippen molar-refractivity contribution >= 4 is 120 Å². The lowest BCUT2D eigenvalue weighted by Crippen LogP contribution is -1.93. The maximum atomic E-state index is 2.59. The van der Waals surface area contributed by atoms with Crippen molar-refractivity contribution < 1.29 is 0 Å². The van der Waals surface area contributed by atoms with E-state index in [1.54, 1.807) is 0 Å². The third-order valence-electron chi connectivity index (χ3n) is 13.6. The Balaban J connectivity index is 1.10. The quantitative estimate of drug-likeness (QED) is 0.167. The van der Waals surface area contributed by atoms with Crippen molar-refractivity contribution in [1.82, 2.24) is 13.4 Å². The van der Waals surface area contributed by atoms with Crippen molar-refractivity contribution in [3.63, 3.8) is 0 Å². The summed E-state index contributed by atoms with van der Waals surface area (Å²) >= 11 is 0. The number of rotatable bonds is 2. The first-order chi connectivity index (χ1) is 29.3. The van der Waals surface area contributed by atoms with Crippen LogP contribution in [-0.2, 0) is 0 Å². The third-order valence-corrected chi connectivity index (χ3v) is 13.6. The zero-order valence-electron chi connectivity index (χ0n) is 31.7. The van der Waals surface area contributed by atoms with E-state index in [2.05, 4.69) is 201 Å². The van der Waals surface area contributed by atoms with Gasteiger partial charge in [-0.05, 0) is 81.7 Å². The predicted octanol–water partition coefficient (Wildman–Crippen LogP) is 15.1. The molecule has 0 unspecified atom stereocenters. The number of hydrogen-bond donors (Lipinski definition) is 0. The summed E-state index contributed by atoms with van der Waals surface area (Å²) in [6.07, 6.45) is 0. The molecule has 0 N–H and O–H groups in total. The largest absolute Gasteiger partial charge is 0.309 e. The summed E-state index contributed by atoms with van der Waals surface area (Å²) < 4.78 is 7.55. The second-order valence-corrected chi connectivity index (χ2v) is 16.4. The van der Waals surface area contributed by atoms with Crippen LogP contribution in [0.5, 0.6) is 0 Å². The van der Waals surface area contributed by atoms with Crippen LogP contribution in [0.25, 0.3) is 136 Å². The van der Waals surface area contributed by atoms with Crippen LogP contribution in [0.4, 0.5) is 0 Å². The molecule has 5 aromatic heterocycles. The van der Waals surface area contributed by atoms with Gasteiger partial charge in [-0.15, -0.1) is 0 Å². The summed E-state index contributed by atoms with van der Waals surface area (Å²) in [6.45, 7) is 0. The van der Waals surface area contributed by atoms with Gasteiger partial charge in [0, 0.05) is 65.1 Å². The fraction of sp³-hybridized carbons (Fsp3) is 0. The molecule has 15 rings (SSSR count). The van der Waals surface area contributed by atoms with E-state index in [0.29, 0.717) is 0 Å². The number of hydrogen-bond acceptors (Lipinski definition) is 0. The van der Waals surface area contributed by atoms with Gasteiger partial charge in [-0.1, -0.05) is 133 Å². The molecule has 0 aliphatic rings. The van der Waals surface area contributed by atoms with Gasteiger partial charge in [-0.3, -0.25) is 0 Å². The number of nitrogens with zero attached hydrogens (tertiary/aromatic N) is 3. The highest BCUT2D eigenvalue weighted by Crippen LogP contribution is 2.50. The van der Waals surface area contributed by atoms with E-state index in [1.807, 2.05) is 0 Å². The van der Waals surface area contributed by atoms with Gasteiger partial charge in [0.2, 0.25) is 0 Å². The molecule has 0 aliphatic heterocycles. The van der Waals surface area contributed by atoms with Crippen molar-refractivity contribution in [2.45, 2.75) is 0 Å². The Labute approximate surface area is 336 Å². The molecule has 270 valence electrons. The summed E-state index contributed by atoms with van der Waals surface area (Å²) in [7, 11) is 0. The Morgan fingerprint density at radius 3 is 1.75 bits per heavy atom. The first-order valence-electron chi connectivity index (χ1n) is 20.5. The normalized spacial score (nSPS) is 12.7. The van der Waals surface area contributed by atoms with E-state index < -0.39 is 0 Å². The Morgan fingerprint density at radius 2 is 0.881 bits per heavy atom. The second-order valence-electron chi connectivity index (χ2n) is 16.4. The number of aromatic nitrogens is 3. The lowest BCUT2D eigenvalue weighted by Gasteiger charge is -2.09. The molecule has 0 atom stereocenters. The van der Waals surface area contributed by atoms with Crippen LogP contribution >= 0.6 is 0 Å². The van der Waals surface area contributed by atoms with Crippen LogP contribution in [0.3, 0.4) is 0 Å². The zero-order valence-corrected chi connectivity index (χ0v) is 31.7. The number of benzene rings is 10. The highest BCUT2D eigenvalue weighted by Gasteiger charge is 2.27. The summed E-state index contributed by atoms with van der Waals surface area (Å²) in [6, 6.07) is 70.1. The molecule has 0 aliphatic carbocycles. The molecule has 0 bridgehead atoms. The number of para-hydroxylation sites is 4. The minimum absolute atomic E-state index is 1.17. The van der Waals surface area contributed by atoms with Crippen LogP contribution in [0.15, 0.2) is 188 Å². The van der Waals surface area contributed by atoms with Gasteiger partial charge < -0.3 is 13.4 Å². The fourth-order valence-electron chi connectivity index (χ4n) is 11.4. The molecule has 0 saturated carbocycles. The Morgan fingerprint density at radius 1 is 0.271 bits per heavy atom. The van der Waals surface area contributed by atoms with E-state index >= 15 is 0 Å². The summed E-state index contributed by atoms with van der Waals surface area (Å²) in [5.74, 6) is 0. The average molecular weight is 746 g/mol. The lowest BCUT2D eigenvalue weighted by molar-refractivity contribution is 1.18. The highest BCUT2D eigenvalue weighted by molar-refractivity contribution is 6.41. The summed E-state index contributed by atoms with van der Waals surface area (Å²) in [4.78, 5) is 0. The lowest BCUT2D eigenvalue weighted by atomic mass is 9.96. The smallest absolute Gasteiger partial charge is 0.0627 e. The fourth-order valence-corrected chi connectivity index (χ4v) is 11.4. The molecule has 15 aromatic rings. The topological polar surface area (TPSA) is 13.8 Å². The molecule has 0 fully saturated rings. The molecule has 59 heavy (non-hydrogen) atoms. The monoisotopic (exact) mass is 745 g/mol. The SMILES string of the molecule is c1ccc(-n2c3ccccc3c3cc(-c4cccc5c6cccc7c8c9c%10c%11ccccc%11cc%11c%12c%13ccccc%13ccc%12n(c9ccc8n(c45)c67)c%11%10)ccc32)cc1. The van der Waals surface area contributed by atoms with Gasteiger partial charge in [0.1, 0.15) is 0 Å². The van der Waals surface area contributed by atoms with Crippen molar-refractivity contribution in [3.8, 4) is 16.8 Å². The van der Waals surface area contributed by atoms with Gasteiger partial charge in [0.05, 0.1) is 44.1 Å². The van der Waals surface area contributed by atoms with E-state index in [1.165, 1.54) is 136 Å². The zero-order chi connectivity index (χ0) is 38.1. The Kier molecular flexibility index (Phi) is 5.41. The average Bonchev–Trinajstić information content (AvgIpc) is 4.09. The Hall–Kier alpha value is -7.88. The van der Waals surface area contributed by atoms with Crippen LogP contribution < -0.4 is 0 Å². The van der Waals surface area contributed by atoms with Gasteiger partial charge in [-0.2, -0.15) is 0 Å². The molecular formula is C56H31N3. The Bertz CT molecular complexity index is 4290. The van der Waals surface area contributed by atoms with Gasteiger partial charge in [0.25, 0.3) is 0 Å². The molecule has 0 spiro atoms. The first-order valence-corrected chi connectivity index (χ1v) is 20.5. The van der Waals surface area contributed by atoms with Crippen molar-refractivity contribution in [2.24, 2.45) is 0 Å². The molecule has 3 nitrogen and oxygen atoms in total. The van der Waals surface area contributed by atoms with E-state index in [4.69, 9.17) is 0 Å². The van der Waals surface area contributed by atoms with Crippen molar-refractivity contribution in [3.05, 3.63) is 188 Å². The third kappa shape index (κ3) is 3.58. The minimum atomic E-state index is 1.17. The molecule has 3 heteroatoms. The van der Waals surface area contributed by atoms with Gasteiger partial charge in [-0.25, -0.2) is 0 Å². The molecular weight excluding hydrogens is 715 g/mol. The number of fused-ring (bicyclic) bond motifs is 20. The highest BCUT2D eigenvalue weighted by atomic mass is 15.0. The van der Waals surface area contributed by atoms with Crippen molar-refractivity contribution in [2.75, 3.05) is 0 Å². The van der Waals surface area contributed by atoms with Gasteiger partial charge in [0.15, 0.2) is 0 Å². The molecule has 0 radical (unpaired) electrons. The van der Waals surface area contributed by atoms with E-state index in [0.717, 1.165) is 0 Å². The van der Waals surface area contributed by atoms with Crippen LogP contribution in [0.2, 0.25) is 0 Å². The van der Waals surface area contributed by atoms with Crippen LogP contribution in [0.1, 0.15) is 0 Å². The minimum Gasteiger partial charge on any atom is -0.309 e. The standard InChI is InChI=1S/C56H31N3/c1-2-14-35(15-3-1)57-45-23-9-8-18-39(45)43-30-34(25-26-46(43)57)38-19-10-20-40-41-21-11-22-42-51-48(59(54(38)40)55(41)42)28-29-49-53(51)52-37-17-7-5-13-33(37)31-44-50-36-16-6-4-12-32(36)24-27-47(50)58(49)56(44)52/h1-31H. The van der Waals surface area contributed by atoms with Crippen molar-refractivity contribution in [1.29, 1.82) is 0 Å².